The molecular formula is C21H19N7O. The van der Waals surface area contributed by atoms with Crippen LogP contribution in [-0.2, 0) is 20.0 Å². The Hall–Kier alpha value is -3.86. The second-order valence-corrected chi connectivity index (χ2v) is 7.02. The Morgan fingerprint density at radius 1 is 1.31 bits per heavy atom. The number of hydrogen-bond acceptors (Lipinski definition) is 6. The number of nitrogens with zero attached hydrogens (tertiary/aromatic N) is 6. The summed E-state index contributed by atoms with van der Waals surface area (Å²) in [5.41, 5.74) is 5.79. The molecule has 1 aliphatic heterocycles. The van der Waals surface area contributed by atoms with Gasteiger partial charge in [0.1, 0.15) is 23.2 Å². The van der Waals surface area contributed by atoms with Crippen molar-refractivity contribution in [1.82, 2.24) is 24.1 Å². The van der Waals surface area contributed by atoms with Crippen molar-refractivity contribution in [3.8, 4) is 23.2 Å². The molecular weight excluding hydrogens is 366 g/mol. The summed E-state index contributed by atoms with van der Waals surface area (Å²) in [6.45, 7) is 3.24. The van der Waals surface area contributed by atoms with Crippen LogP contribution in [0.5, 0.6) is 5.75 Å². The van der Waals surface area contributed by atoms with Gasteiger partial charge in [0.05, 0.1) is 18.0 Å². The summed E-state index contributed by atoms with van der Waals surface area (Å²) in [4.78, 5) is 9.02. The normalized spacial score (nSPS) is 12.6. The second-order valence-electron chi connectivity index (χ2n) is 7.02. The summed E-state index contributed by atoms with van der Waals surface area (Å²) < 4.78 is 9.31. The van der Waals surface area contributed by atoms with Crippen LogP contribution in [0.25, 0.3) is 17.0 Å². The van der Waals surface area contributed by atoms with Gasteiger partial charge in [0.25, 0.3) is 0 Å². The molecule has 0 unspecified atom stereocenters. The second kappa shape index (κ2) is 6.63. The maximum absolute atomic E-state index is 9.67. The van der Waals surface area contributed by atoms with Crippen LogP contribution in [-0.4, -0.2) is 30.8 Å². The van der Waals surface area contributed by atoms with E-state index < -0.39 is 0 Å². The minimum atomic E-state index is 0.345. The van der Waals surface area contributed by atoms with Gasteiger partial charge in [-0.2, -0.15) is 10.4 Å². The van der Waals surface area contributed by atoms with E-state index in [0.29, 0.717) is 29.5 Å². The van der Waals surface area contributed by atoms with E-state index in [0.717, 1.165) is 30.2 Å². The molecule has 29 heavy (non-hydrogen) atoms. The highest BCUT2D eigenvalue weighted by Gasteiger charge is 2.21. The fourth-order valence-corrected chi connectivity index (χ4v) is 3.90. The minimum absolute atomic E-state index is 0.345. The summed E-state index contributed by atoms with van der Waals surface area (Å²) in [6.07, 6.45) is 2.61. The molecule has 0 saturated carbocycles. The van der Waals surface area contributed by atoms with Crippen molar-refractivity contribution in [2.45, 2.75) is 19.9 Å². The smallest absolute Gasteiger partial charge is 0.209 e. The molecule has 144 valence electrons. The molecule has 0 fully saturated rings. The van der Waals surface area contributed by atoms with Crippen LogP contribution >= 0.6 is 0 Å². The van der Waals surface area contributed by atoms with E-state index in [-0.39, 0.29) is 0 Å². The van der Waals surface area contributed by atoms with Gasteiger partial charge in [0, 0.05) is 31.8 Å². The Morgan fingerprint density at radius 2 is 2.21 bits per heavy atom. The molecule has 4 aromatic rings. The van der Waals surface area contributed by atoms with Crippen LogP contribution in [0, 0.1) is 18.3 Å². The Labute approximate surface area is 167 Å². The summed E-state index contributed by atoms with van der Waals surface area (Å²) in [5.74, 6) is 1.58. The van der Waals surface area contributed by atoms with Crippen LogP contribution in [0.1, 0.15) is 22.5 Å². The number of nitrogens with one attached hydrogen (secondary N) is 1. The molecule has 1 N–H and O–H groups in total. The lowest BCUT2D eigenvalue weighted by molar-refractivity contribution is 0.357. The van der Waals surface area contributed by atoms with E-state index in [1.807, 2.05) is 36.6 Å². The standard InChI is InChI=1S/C21H19N7O/c1-13-10-17(27(2)26-13)20-16(11-22)25-19-6-8-23-21(28(19)20)24-12-14-4-3-5-18-15(14)7-9-29-18/h3-6,8,10H,7,9,12H2,1-2H3,(H,23,24). The third-order valence-electron chi connectivity index (χ3n) is 5.16. The molecule has 0 amide bonds. The largest absolute Gasteiger partial charge is 0.493 e. The van der Waals surface area contributed by atoms with E-state index in [2.05, 4.69) is 32.5 Å². The van der Waals surface area contributed by atoms with Gasteiger partial charge in [0.15, 0.2) is 5.69 Å². The van der Waals surface area contributed by atoms with Gasteiger partial charge >= 0.3 is 0 Å². The summed E-state index contributed by atoms with van der Waals surface area (Å²) >= 11 is 0. The van der Waals surface area contributed by atoms with Crippen molar-refractivity contribution in [2.75, 3.05) is 11.9 Å². The number of imidazole rings is 1. The fourth-order valence-electron chi connectivity index (χ4n) is 3.90. The topological polar surface area (TPSA) is 93.1 Å². The van der Waals surface area contributed by atoms with Crippen LogP contribution in [0.2, 0.25) is 0 Å². The zero-order chi connectivity index (χ0) is 20.0. The van der Waals surface area contributed by atoms with Crippen molar-refractivity contribution in [1.29, 1.82) is 5.26 Å². The van der Waals surface area contributed by atoms with Crippen LogP contribution < -0.4 is 10.1 Å². The lowest BCUT2D eigenvalue weighted by Gasteiger charge is -2.12. The number of aryl methyl sites for hydroxylation is 2. The molecule has 1 aliphatic rings. The molecule has 0 aliphatic carbocycles. The SMILES string of the molecule is Cc1cc(-c2c(C#N)nc3ccnc(NCc4cccc5c4CCO5)n23)n(C)n1. The predicted octanol–water partition coefficient (Wildman–Crippen LogP) is 2.86. The number of benzene rings is 1. The first-order valence-corrected chi connectivity index (χ1v) is 9.41. The highest BCUT2D eigenvalue weighted by atomic mass is 16.5. The van der Waals surface area contributed by atoms with Crippen molar-refractivity contribution in [3.05, 3.63) is 59.0 Å². The predicted molar refractivity (Wildman–Crippen MR) is 108 cm³/mol. The number of hydrogen-bond donors (Lipinski definition) is 1. The molecule has 0 bridgehead atoms. The Kier molecular flexibility index (Phi) is 3.95. The molecule has 5 rings (SSSR count). The average molecular weight is 385 g/mol. The molecule has 0 atom stereocenters. The van der Waals surface area contributed by atoms with Gasteiger partial charge in [-0.05, 0) is 30.7 Å². The number of rotatable bonds is 4. The first-order valence-electron chi connectivity index (χ1n) is 9.41. The third kappa shape index (κ3) is 2.79. The summed E-state index contributed by atoms with van der Waals surface area (Å²) in [5, 5.41) is 17.5. The first kappa shape index (κ1) is 17.3. The van der Waals surface area contributed by atoms with Gasteiger partial charge in [0.2, 0.25) is 5.95 Å². The number of nitriles is 1. The number of fused-ring (bicyclic) bond motifs is 2. The summed E-state index contributed by atoms with van der Waals surface area (Å²) in [6, 6.07) is 12.1. The van der Waals surface area contributed by atoms with Gasteiger partial charge < -0.3 is 10.1 Å². The maximum atomic E-state index is 9.67. The van der Waals surface area contributed by atoms with E-state index in [1.165, 1.54) is 11.1 Å². The van der Waals surface area contributed by atoms with E-state index in [9.17, 15) is 5.26 Å². The molecule has 0 saturated heterocycles. The van der Waals surface area contributed by atoms with Crippen LogP contribution in [0.15, 0.2) is 36.5 Å². The van der Waals surface area contributed by atoms with Crippen LogP contribution in [0.3, 0.4) is 0 Å². The van der Waals surface area contributed by atoms with Crippen molar-refractivity contribution < 1.29 is 4.74 Å². The molecule has 3 aromatic heterocycles. The molecule has 4 heterocycles. The molecule has 0 radical (unpaired) electrons. The fraction of sp³-hybridized carbons (Fsp3) is 0.238. The highest BCUT2D eigenvalue weighted by molar-refractivity contribution is 5.70. The Balaban J connectivity index is 1.60. The lowest BCUT2D eigenvalue weighted by Crippen LogP contribution is -2.09. The lowest BCUT2D eigenvalue weighted by atomic mass is 10.1. The monoisotopic (exact) mass is 385 g/mol. The zero-order valence-corrected chi connectivity index (χ0v) is 16.2. The van der Waals surface area contributed by atoms with E-state index >= 15 is 0 Å². The van der Waals surface area contributed by atoms with Crippen molar-refractivity contribution in [2.24, 2.45) is 7.05 Å². The maximum Gasteiger partial charge on any atom is 0.209 e. The number of anilines is 1. The minimum Gasteiger partial charge on any atom is -0.493 e. The van der Waals surface area contributed by atoms with Gasteiger partial charge in [-0.25, -0.2) is 9.97 Å². The molecule has 0 spiro atoms. The van der Waals surface area contributed by atoms with Gasteiger partial charge in [-0.1, -0.05) is 12.1 Å². The van der Waals surface area contributed by atoms with Crippen molar-refractivity contribution >= 4 is 11.6 Å². The number of aromatic nitrogens is 5. The third-order valence-corrected chi connectivity index (χ3v) is 5.16. The van der Waals surface area contributed by atoms with E-state index in [4.69, 9.17) is 4.74 Å². The molecule has 1 aromatic carbocycles. The Bertz CT molecular complexity index is 1280. The quantitative estimate of drug-likeness (QED) is 0.581. The van der Waals surface area contributed by atoms with Crippen LogP contribution in [0.4, 0.5) is 5.95 Å². The average Bonchev–Trinajstić information content (AvgIpc) is 3.42. The molecule has 8 nitrogen and oxygen atoms in total. The van der Waals surface area contributed by atoms with E-state index in [1.54, 1.807) is 16.9 Å². The van der Waals surface area contributed by atoms with Crippen molar-refractivity contribution in [3.63, 3.8) is 0 Å². The first-order chi connectivity index (χ1) is 14.2. The van der Waals surface area contributed by atoms with Gasteiger partial charge in [-0.3, -0.25) is 9.08 Å². The summed E-state index contributed by atoms with van der Waals surface area (Å²) in [7, 11) is 1.86. The molecule has 8 heteroatoms. The highest BCUT2D eigenvalue weighted by Crippen LogP contribution is 2.30. The Morgan fingerprint density at radius 3 is 3.00 bits per heavy atom. The zero-order valence-electron chi connectivity index (χ0n) is 16.2. The number of ether oxygens (including phenoxy) is 1. The van der Waals surface area contributed by atoms with Gasteiger partial charge in [-0.15, -0.1) is 0 Å².